The van der Waals surface area contributed by atoms with Gasteiger partial charge in [0.1, 0.15) is 5.75 Å². The van der Waals surface area contributed by atoms with Gasteiger partial charge in [0.25, 0.3) is 0 Å². The van der Waals surface area contributed by atoms with Crippen molar-refractivity contribution in [2.45, 2.75) is 0 Å². The molecule has 2 N–H and O–H groups in total. The van der Waals surface area contributed by atoms with E-state index in [1.165, 1.54) is 0 Å². The van der Waals surface area contributed by atoms with Crippen molar-refractivity contribution in [1.29, 1.82) is 0 Å². The summed E-state index contributed by atoms with van der Waals surface area (Å²) in [5.74, 6) is -0.923. The highest BCUT2D eigenvalue weighted by Crippen LogP contribution is 2.29. The lowest BCUT2D eigenvalue weighted by Gasteiger charge is -2.07. The van der Waals surface area contributed by atoms with Crippen molar-refractivity contribution < 1.29 is 15.0 Å². The first kappa shape index (κ1) is 10.2. The number of benzene rings is 2. The van der Waals surface area contributed by atoms with Crippen LogP contribution >= 0.6 is 0 Å². The molecule has 0 heterocycles. The van der Waals surface area contributed by atoms with Crippen LogP contribution in [-0.4, -0.2) is 16.2 Å². The van der Waals surface area contributed by atoms with Crippen molar-refractivity contribution in [3.05, 3.63) is 48.5 Å². The number of rotatable bonds is 2. The van der Waals surface area contributed by atoms with Gasteiger partial charge in [0.05, 0.1) is 5.57 Å². The van der Waals surface area contributed by atoms with E-state index in [9.17, 15) is 9.90 Å². The molecule has 0 aliphatic carbocycles. The molecule has 0 bridgehead atoms. The molecule has 0 aliphatic rings. The van der Waals surface area contributed by atoms with Gasteiger partial charge in [0.2, 0.25) is 0 Å². The highest BCUT2D eigenvalue weighted by atomic mass is 16.4. The zero-order chi connectivity index (χ0) is 11.7. The Hall–Kier alpha value is -2.29. The van der Waals surface area contributed by atoms with Crippen LogP contribution in [0.5, 0.6) is 5.75 Å². The van der Waals surface area contributed by atoms with E-state index in [4.69, 9.17) is 5.11 Å². The third kappa shape index (κ3) is 1.52. The number of carboxylic acids is 1. The van der Waals surface area contributed by atoms with Gasteiger partial charge >= 0.3 is 5.97 Å². The molecule has 2 aromatic rings. The fourth-order valence-electron chi connectivity index (χ4n) is 1.67. The van der Waals surface area contributed by atoms with Gasteiger partial charge in [0, 0.05) is 5.39 Å². The maximum Gasteiger partial charge on any atom is 0.335 e. The van der Waals surface area contributed by atoms with Crippen LogP contribution in [0.2, 0.25) is 0 Å². The number of phenols is 1. The zero-order valence-corrected chi connectivity index (χ0v) is 8.47. The van der Waals surface area contributed by atoms with Crippen molar-refractivity contribution in [3.8, 4) is 5.75 Å². The molecule has 0 atom stereocenters. The third-order valence-corrected chi connectivity index (χ3v) is 2.48. The largest absolute Gasteiger partial charge is 0.507 e. The van der Waals surface area contributed by atoms with E-state index >= 15 is 0 Å². The fraction of sp³-hybridized carbons (Fsp3) is 0. The highest BCUT2D eigenvalue weighted by Gasteiger charge is 2.11. The maximum absolute atomic E-state index is 10.9. The maximum atomic E-state index is 10.9. The molecule has 2 aromatic carbocycles. The normalized spacial score (nSPS) is 10.2. The molecule has 2 rings (SSSR count). The van der Waals surface area contributed by atoms with Crippen LogP contribution in [0.1, 0.15) is 5.56 Å². The molecule has 0 amide bonds. The molecule has 0 aromatic heterocycles. The summed E-state index contributed by atoms with van der Waals surface area (Å²) < 4.78 is 0. The summed E-state index contributed by atoms with van der Waals surface area (Å²) in [7, 11) is 0. The first-order chi connectivity index (χ1) is 7.61. The fourth-order valence-corrected chi connectivity index (χ4v) is 1.67. The topological polar surface area (TPSA) is 57.5 Å². The SMILES string of the molecule is C=C(C(=O)O)c1cccc2c(O)cccc12. The number of carbonyl (C=O) groups is 1. The van der Waals surface area contributed by atoms with Gasteiger partial charge in [-0.15, -0.1) is 0 Å². The Kier molecular flexibility index (Phi) is 2.37. The molecule has 3 nitrogen and oxygen atoms in total. The number of aromatic hydroxyl groups is 1. The molecule has 3 heteroatoms. The standard InChI is InChI=1S/C13H10O3/c1-8(13(15)16)9-4-2-6-11-10(9)5-3-7-12(11)14/h2-7,14H,1H2,(H,15,16). The van der Waals surface area contributed by atoms with Crippen molar-refractivity contribution in [1.82, 2.24) is 0 Å². The van der Waals surface area contributed by atoms with E-state index in [-0.39, 0.29) is 11.3 Å². The number of phenolic OH excluding ortho intramolecular Hbond substituents is 1. The molecule has 0 saturated heterocycles. The first-order valence-electron chi connectivity index (χ1n) is 4.74. The minimum atomic E-state index is -1.06. The van der Waals surface area contributed by atoms with Crippen molar-refractivity contribution in [3.63, 3.8) is 0 Å². The average Bonchev–Trinajstić information content (AvgIpc) is 2.28. The molecule has 0 saturated carbocycles. The summed E-state index contributed by atoms with van der Waals surface area (Å²) in [5.41, 5.74) is 0.553. The van der Waals surface area contributed by atoms with Crippen LogP contribution in [0.3, 0.4) is 0 Å². The minimum absolute atomic E-state index is 0.0243. The van der Waals surface area contributed by atoms with Crippen LogP contribution in [0, 0.1) is 0 Å². The van der Waals surface area contributed by atoms with Crippen LogP contribution in [0.4, 0.5) is 0 Å². The Bertz CT molecular complexity index is 585. The second kappa shape index (κ2) is 3.70. The molecule has 16 heavy (non-hydrogen) atoms. The number of carboxylic acid groups (broad SMARTS) is 1. The molecule has 0 unspecified atom stereocenters. The van der Waals surface area contributed by atoms with Gasteiger partial charge in [-0.05, 0) is 17.0 Å². The minimum Gasteiger partial charge on any atom is -0.507 e. The number of aliphatic carboxylic acids is 1. The van der Waals surface area contributed by atoms with E-state index in [0.29, 0.717) is 16.3 Å². The lowest BCUT2D eigenvalue weighted by Crippen LogP contribution is -1.98. The highest BCUT2D eigenvalue weighted by molar-refractivity contribution is 6.18. The van der Waals surface area contributed by atoms with Gasteiger partial charge in [-0.2, -0.15) is 0 Å². The second-order valence-electron chi connectivity index (χ2n) is 3.46. The predicted molar refractivity (Wildman–Crippen MR) is 62.3 cm³/mol. The smallest absolute Gasteiger partial charge is 0.335 e. The monoisotopic (exact) mass is 214 g/mol. The Morgan fingerprint density at radius 3 is 2.38 bits per heavy atom. The van der Waals surface area contributed by atoms with Crippen molar-refractivity contribution in [2.24, 2.45) is 0 Å². The van der Waals surface area contributed by atoms with E-state index < -0.39 is 5.97 Å². The number of hydrogen-bond acceptors (Lipinski definition) is 2. The molecule has 0 radical (unpaired) electrons. The van der Waals surface area contributed by atoms with Crippen LogP contribution in [0.25, 0.3) is 16.3 Å². The lowest BCUT2D eigenvalue weighted by molar-refractivity contribution is -0.130. The van der Waals surface area contributed by atoms with Crippen molar-refractivity contribution >= 4 is 22.3 Å². The van der Waals surface area contributed by atoms with E-state index in [2.05, 4.69) is 6.58 Å². The van der Waals surface area contributed by atoms with Gasteiger partial charge in [-0.3, -0.25) is 0 Å². The summed E-state index contributed by atoms with van der Waals surface area (Å²) in [5, 5.41) is 19.9. The van der Waals surface area contributed by atoms with E-state index in [0.717, 1.165) is 0 Å². The Morgan fingerprint density at radius 1 is 1.06 bits per heavy atom. The Labute approximate surface area is 92.3 Å². The predicted octanol–water partition coefficient (Wildman–Crippen LogP) is 2.64. The Balaban J connectivity index is 2.77. The summed E-state index contributed by atoms with van der Waals surface area (Å²) in [6.07, 6.45) is 0. The Morgan fingerprint density at radius 2 is 1.69 bits per heavy atom. The summed E-state index contributed by atoms with van der Waals surface area (Å²) >= 11 is 0. The molecule has 80 valence electrons. The molecule has 0 fully saturated rings. The number of fused-ring (bicyclic) bond motifs is 1. The summed E-state index contributed by atoms with van der Waals surface area (Å²) in [6.45, 7) is 3.52. The average molecular weight is 214 g/mol. The molecular formula is C13H10O3. The first-order valence-corrected chi connectivity index (χ1v) is 4.74. The van der Waals surface area contributed by atoms with Crippen LogP contribution < -0.4 is 0 Å². The van der Waals surface area contributed by atoms with E-state index in [1.54, 1.807) is 36.4 Å². The lowest BCUT2D eigenvalue weighted by atomic mass is 9.99. The van der Waals surface area contributed by atoms with Crippen LogP contribution in [0.15, 0.2) is 43.0 Å². The van der Waals surface area contributed by atoms with Crippen LogP contribution in [-0.2, 0) is 4.79 Å². The van der Waals surface area contributed by atoms with Crippen molar-refractivity contribution in [2.75, 3.05) is 0 Å². The third-order valence-electron chi connectivity index (χ3n) is 2.48. The molecule has 0 spiro atoms. The molecule has 0 aliphatic heterocycles. The summed E-state index contributed by atoms with van der Waals surface area (Å²) in [4.78, 5) is 10.9. The quantitative estimate of drug-likeness (QED) is 0.755. The molecular weight excluding hydrogens is 204 g/mol. The second-order valence-corrected chi connectivity index (χ2v) is 3.46. The van der Waals surface area contributed by atoms with Gasteiger partial charge < -0.3 is 10.2 Å². The van der Waals surface area contributed by atoms with Gasteiger partial charge in [-0.1, -0.05) is 36.9 Å². The van der Waals surface area contributed by atoms with E-state index in [1.807, 2.05) is 0 Å². The van der Waals surface area contributed by atoms with Gasteiger partial charge in [0.15, 0.2) is 0 Å². The zero-order valence-electron chi connectivity index (χ0n) is 8.47. The number of hydrogen-bond donors (Lipinski definition) is 2. The van der Waals surface area contributed by atoms with Gasteiger partial charge in [-0.25, -0.2) is 4.79 Å². The summed E-state index contributed by atoms with van der Waals surface area (Å²) in [6, 6.07) is 10.1.